The minimum Gasteiger partial charge on any atom is -0.475 e. The predicted octanol–water partition coefficient (Wildman–Crippen LogP) is 1.63. The van der Waals surface area contributed by atoms with Crippen molar-refractivity contribution in [3.05, 3.63) is 18.1 Å². The summed E-state index contributed by atoms with van der Waals surface area (Å²) in [5, 5.41) is 3.21. The number of hydrogen-bond acceptors (Lipinski definition) is 4. The molecule has 4 nitrogen and oxygen atoms in total. The van der Waals surface area contributed by atoms with Crippen molar-refractivity contribution >= 4 is 0 Å². The molecule has 1 aromatic heterocycles. The van der Waals surface area contributed by atoms with E-state index in [0.29, 0.717) is 12.8 Å². The van der Waals surface area contributed by atoms with Gasteiger partial charge in [0, 0.05) is 6.04 Å². The van der Waals surface area contributed by atoms with Crippen molar-refractivity contribution in [2.45, 2.75) is 25.1 Å². The number of ether oxygens (including phenoxy) is 1. The van der Waals surface area contributed by atoms with Crippen molar-refractivity contribution in [1.82, 2.24) is 15.3 Å². The maximum atomic E-state index is 12.2. The Hall–Kier alpha value is -1.37. The third-order valence-corrected chi connectivity index (χ3v) is 2.51. The van der Waals surface area contributed by atoms with Crippen LogP contribution in [0.4, 0.5) is 13.2 Å². The lowest BCUT2D eigenvalue weighted by Crippen LogP contribution is -2.28. The second kappa shape index (κ2) is 4.87. The quantitative estimate of drug-likeness (QED) is 0.881. The number of rotatable bonds is 3. The van der Waals surface area contributed by atoms with Gasteiger partial charge in [0.1, 0.15) is 6.61 Å². The monoisotopic (exact) mass is 247 g/mol. The van der Waals surface area contributed by atoms with Gasteiger partial charge in [-0.2, -0.15) is 13.2 Å². The SMILES string of the molecule is FC(F)(F)c1cnc(OC[C@@H]2CCCN2)cn1. The molecule has 0 saturated carbocycles. The summed E-state index contributed by atoms with van der Waals surface area (Å²) in [6.07, 6.45) is -0.686. The van der Waals surface area contributed by atoms with Crippen LogP contribution in [0, 0.1) is 0 Å². The van der Waals surface area contributed by atoms with Gasteiger partial charge in [0.2, 0.25) is 5.88 Å². The Kier molecular flexibility index (Phi) is 3.46. The number of alkyl halides is 3. The van der Waals surface area contributed by atoms with Crippen LogP contribution in [0.3, 0.4) is 0 Å². The molecular formula is C10H12F3N3O. The molecular weight excluding hydrogens is 235 g/mol. The zero-order valence-corrected chi connectivity index (χ0v) is 9.00. The molecule has 0 spiro atoms. The van der Waals surface area contributed by atoms with E-state index in [0.717, 1.165) is 25.6 Å². The molecule has 2 rings (SSSR count). The number of nitrogens with one attached hydrogen (secondary N) is 1. The van der Waals surface area contributed by atoms with Gasteiger partial charge < -0.3 is 10.1 Å². The van der Waals surface area contributed by atoms with Crippen LogP contribution in [-0.4, -0.2) is 29.2 Å². The van der Waals surface area contributed by atoms with E-state index in [4.69, 9.17) is 4.74 Å². The maximum Gasteiger partial charge on any atom is 0.434 e. The van der Waals surface area contributed by atoms with E-state index >= 15 is 0 Å². The third kappa shape index (κ3) is 3.29. The highest BCUT2D eigenvalue weighted by Gasteiger charge is 2.32. The van der Waals surface area contributed by atoms with Crippen LogP contribution in [-0.2, 0) is 6.18 Å². The molecule has 0 aromatic carbocycles. The zero-order chi connectivity index (χ0) is 12.3. The molecule has 1 aliphatic rings. The minimum absolute atomic E-state index is 0.117. The van der Waals surface area contributed by atoms with Gasteiger partial charge in [-0.15, -0.1) is 0 Å². The molecule has 1 fully saturated rings. The van der Waals surface area contributed by atoms with Crippen LogP contribution in [0.25, 0.3) is 0 Å². The Morgan fingerprint density at radius 2 is 2.18 bits per heavy atom. The van der Waals surface area contributed by atoms with Crippen LogP contribution in [0.5, 0.6) is 5.88 Å². The lowest BCUT2D eigenvalue weighted by Gasteiger charge is -2.11. The summed E-state index contributed by atoms with van der Waals surface area (Å²) in [6.45, 7) is 1.35. The Morgan fingerprint density at radius 3 is 2.71 bits per heavy atom. The van der Waals surface area contributed by atoms with Crippen molar-refractivity contribution in [1.29, 1.82) is 0 Å². The first-order chi connectivity index (χ1) is 8.05. The first kappa shape index (κ1) is 12.1. The van der Waals surface area contributed by atoms with E-state index in [1.807, 2.05) is 0 Å². The zero-order valence-electron chi connectivity index (χ0n) is 9.00. The average Bonchev–Trinajstić information content (AvgIpc) is 2.78. The second-order valence-electron chi connectivity index (χ2n) is 3.84. The van der Waals surface area contributed by atoms with E-state index in [-0.39, 0.29) is 11.9 Å². The molecule has 1 aromatic rings. The van der Waals surface area contributed by atoms with Gasteiger partial charge in [-0.3, -0.25) is 0 Å². The summed E-state index contributed by atoms with van der Waals surface area (Å²) in [5.41, 5.74) is -1.01. The van der Waals surface area contributed by atoms with Crippen molar-refractivity contribution in [3.8, 4) is 5.88 Å². The van der Waals surface area contributed by atoms with Gasteiger partial charge in [0.15, 0.2) is 5.69 Å². The molecule has 1 N–H and O–H groups in total. The van der Waals surface area contributed by atoms with Gasteiger partial charge in [0.25, 0.3) is 0 Å². The number of halogens is 3. The summed E-state index contributed by atoms with van der Waals surface area (Å²) in [5.74, 6) is 0.117. The predicted molar refractivity (Wildman–Crippen MR) is 53.6 cm³/mol. The Balaban J connectivity index is 1.89. The molecule has 0 radical (unpaired) electrons. The van der Waals surface area contributed by atoms with Gasteiger partial charge in [-0.05, 0) is 19.4 Å². The molecule has 1 aliphatic heterocycles. The van der Waals surface area contributed by atoms with E-state index in [9.17, 15) is 13.2 Å². The first-order valence-electron chi connectivity index (χ1n) is 5.31. The van der Waals surface area contributed by atoms with Crippen molar-refractivity contribution < 1.29 is 17.9 Å². The fourth-order valence-corrected chi connectivity index (χ4v) is 1.62. The van der Waals surface area contributed by atoms with Crippen LogP contribution in [0.2, 0.25) is 0 Å². The molecule has 1 atom stereocenters. The largest absolute Gasteiger partial charge is 0.475 e. The number of nitrogens with zero attached hydrogens (tertiary/aromatic N) is 2. The third-order valence-electron chi connectivity index (χ3n) is 2.51. The van der Waals surface area contributed by atoms with Gasteiger partial charge >= 0.3 is 6.18 Å². The molecule has 0 aliphatic carbocycles. The van der Waals surface area contributed by atoms with Crippen molar-refractivity contribution in [2.24, 2.45) is 0 Å². The molecule has 1 saturated heterocycles. The molecule has 2 heterocycles. The molecule has 0 amide bonds. The smallest absolute Gasteiger partial charge is 0.434 e. The summed E-state index contributed by atoms with van der Waals surface area (Å²) in [4.78, 5) is 6.84. The second-order valence-corrected chi connectivity index (χ2v) is 3.84. The minimum atomic E-state index is -4.46. The topological polar surface area (TPSA) is 47.0 Å². The average molecular weight is 247 g/mol. The maximum absolute atomic E-state index is 12.2. The van der Waals surface area contributed by atoms with Gasteiger partial charge in [-0.25, -0.2) is 9.97 Å². The van der Waals surface area contributed by atoms with E-state index < -0.39 is 11.9 Å². The molecule has 94 valence electrons. The van der Waals surface area contributed by atoms with Gasteiger partial charge in [0.05, 0.1) is 12.4 Å². The standard InChI is InChI=1S/C10H12F3N3O/c11-10(12,13)8-4-16-9(5-15-8)17-6-7-2-1-3-14-7/h4-5,7,14H,1-3,6H2/t7-/m0/s1. The highest BCUT2D eigenvalue weighted by molar-refractivity contribution is 5.09. The molecule has 17 heavy (non-hydrogen) atoms. The number of hydrogen-bond donors (Lipinski definition) is 1. The summed E-state index contributed by atoms with van der Waals surface area (Å²) in [6, 6.07) is 0.249. The van der Waals surface area contributed by atoms with Crippen LogP contribution in [0.1, 0.15) is 18.5 Å². The Morgan fingerprint density at radius 1 is 1.35 bits per heavy atom. The number of aromatic nitrogens is 2. The molecule has 0 unspecified atom stereocenters. The van der Waals surface area contributed by atoms with Crippen LogP contribution >= 0.6 is 0 Å². The summed E-state index contributed by atoms with van der Waals surface area (Å²) >= 11 is 0. The fourth-order valence-electron chi connectivity index (χ4n) is 1.62. The van der Waals surface area contributed by atoms with Crippen LogP contribution < -0.4 is 10.1 Å². The normalized spacial score (nSPS) is 20.5. The molecule has 0 bridgehead atoms. The fraction of sp³-hybridized carbons (Fsp3) is 0.600. The van der Waals surface area contributed by atoms with Crippen molar-refractivity contribution in [2.75, 3.05) is 13.2 Å². The summed E-state index contributed by atoms with van der Waals surface area (Å²) in [7, 11) is 0. The van der Waals surface area contributed by atoms with E-state index in [1.54, 1.807) is 0 Å². The van der Waals surface area contributed by atoms with Crippen LogP contribution in [0.15, 0.2) is 12.4 Å². The van der Waals surface area contributed by atoms with E-state index in [1.165, 1.54) is 0 Å². The highest BCUT2D eigenvalue weighted by Crippen LogP contribution is 2.27. The summed E-state index contributed by atoms with van der Waals surface area (Å²) < 4.78 is 41.8. The Bertz CT molecular complexity index is 360. The first-order valence-corrected chi connectivity index (χ1v) is 5.31. The van der Waals surface area contributed by atoms with Crippen molar-refractivity contribution in [3.63, 3.8) is 0 Å². The van der Waals surface area contributed by atoms with Gasteiger partial charge in [-0.1, -0.05) is 0 Å². The highest BCUT2D eigenvalue weighted by atomic mass is 19.4. The van der Waals surface area contributed by atoms with E-state index in [2.05, 4.69) is 15.3 Å². The lowest BCUT2D eigenvalue weighted by atomic mass is 10.2. The molecule has 7 heteroatoms. The lowest BCUT2D eigenvalue weighted by molar-refractivity contribution is -0.141. The Labute approximate surface area is 96.2 Å².